The van der Waals surface area contributed by atoms with Crippen LogP contribution in [-0.2, 0) is 0 Å². The Labute approximate surface area is 118 Å². The van der Waals surface area contributed by atoms with Crippen LogP contribution in [0.15, 0.2) is 49.8 Å². The van der Waals surface area contributed by atoms with Gasteiger partial charge in [-0.15, -0.1) is 0 Å². The summed E-state index contributed by atoms with van der Waals surface area (Å²) in [5.41, 5.74) is 1.97. The second kappa shape index (κ2) is 4.98. The van der Waals surface area contributed by atoms with Gasteiger partial charge >= 0.3 is 0 Å². The summed E-state index contributed by atoms with van der Waals surface area (Å²) in [6.45, 7) is 0. The fraction of sp³-hybridized carbons (Fsp3) is 0. The summed E-state index contributed by atoms with van der Waals surface area (Å²) in [6, 6.07) is 10.6. The van der Waals surface area contributed by atoms with Crippen LogP contribution < -0.4 is 0 Å². The minimum Gasteiger partial charge on any atom is -0.207 e. The minimum atomic E-state index is -0.248. The van der Waals surface area contributed by atoms with Crippen LogP contribution in [-0.4, -0.2) is 0 Å². The van der Waals surface area contributed by atoms with Gasteiger partial charge in [0.2, 0.25) is 0 Å². The van der Waals surface area contributed by atoms with Crippen molar-refractivity contribution in [1.29, 1.82) is 0 Å². The van der Waals surface area contributed by atoms with Gasteiger partial charge in [-0.2, -0.15) is 0 Å². The second-order valence-corrected chi connectivity index (χ2v) is 5.87. The summed E-state index contributed by atoms with van der Waals surface area (Å²) in [5, 5.41) is 0. The molecule has 0 heterocycles. The molecule has 0 atom stereocenters. The Balaban J connectivity index is 2.62. The van der Waals surface area contributed by atoms with E-state index in [-0.39, 0.29) is 5.82 Å². The standard InChI is InChI=1S/C12H6Br3F/c13-7-1-4-11(14)10(5-7)9-3-2-8(16)6-12(9)15/h1-6H. The van der Waals surface area contributed by atoms with E-state index in [2.05, 4.69) is 47.8 Å². The Morgan fingerprint density at radius 3 is 2.19 bits per heavy atom. The molecule has 0 aromatic heterocycles. The van der Waals surface area contributed by atoms with Crippen molar-refractivity contribution in [2.24, 2.45) is 0 Å². The first-order chi connectivity index (χ1) is 7.58. The molecule has 0 aliphatic heterocycles. The van der Waals surface area contributed by atoms with Crippen LogP contribution in [0.5, 0.6) is 0 Å². The largest absolute Gasteiger partial charge is 0.207 e. The van der Waals surface area contributed by atoms with Crippen molar-refractivity contribution in [3.63, 3.8) is 0 Å². The first-order valence-electron chi connectivity index (χ1n) is 4.48. The average Bonchev–Trinajstić information content (AvgIpc) is 2.22. The quantitative estimate of drug-likeness (QED) is 0.561. The highest BCUT2D eigenvalue weighted by Gasteiger charge is 2.08. The third-order valence-corrected chi connectivity index (χ3v) is 3.99. The zero-order valence-corrected chi connectivity index (χ0v) is 12.7. The molecule has 0 aliphatic carbocycles. The third kappa shape index (κ3) is 2.55. The van der Waals surface area contributed by atoms with Gasteiger partial charge in [0, 0.05) is 13.4 Å². The van der Waals surface area contributed by atoms with Crippen molar-refractivity contribution in [3.05, 3.63) is 55.6 Å². The number of hydrogen-bond acceptors (Lipinski definition) is 0. The SMILES string of the molecule is Fc1ccc(-c2cc(Br)ccc2Br)c(Br)c1. The second-order valence-electron chi connectivity index (χ2n) is 3.25. The topological polar surface area (TPSA) is 0 Å². The van der Waals surface area contributed by atoms with Gasteiger partial charge in [0.05, 0.1) is 0 Å². The summed E-state index contributed by atoms with van der Waals surface area (Å²) in [7, 11) is 0. The summed E-state index contributed by atoms with van der Waals surface area (Å²) in [4.78, 5) is 0. The molecule has 0 bridgehead atoms. The number of rotatable bonds is 1. The number of hydrogen-bond donors (Lipinski definition) is 0. The lowest BCUT2D eigenvalue weighted by Crippen LogP contribution is -1.84. The van der Waals surface area contributed by atoms with Crippen molar-refractivity contribution in [2.45, 2.75) is 0 Å². The molecule has 0 saturated heterocycles. The highest BCUT2D eigenvalue weighted by Crippen LogP contribution is 2.35. The van der Waals surface area contributed by atoms with E-state index < -0.39 is 0 Å². The molecule has 4 heteroatoms. The molecule has 2 aromatic carbocycles. The van der Waals surface area contributed by atoms with Crippen LogP contribution in [0.3, 0.4) is 0 Å². The molecule has 0 radical (unpaired) electrons. The Bertz CT molecular complexity index is 538. The van der Waals surface area contributed by atoms with E-state index in [1.54, 1.807) is 6.07 Å². The van der Waals surface area contributed by atoms with Gasteiger partial charge in [-0.3, -0.25) is 0 Å². The van der Waals surface area contributed by atoms with Gasteiger partial charge in [0.1, 0.15) is 5.82 Å². The number of halogens is 4. The zero-order valence-electron chi connectivity index (χ0n) is 7.98. The summed E-state index contributed by atoms with van der Waals surface area (Å²) in [6.07, 6.45) is 0. The maximum Gasteiger partial charge on any atom is 0.124 e. The lowest BCUT2D eigenvalue weighted by Gasteiger charge is -2.08. The van der Waals surface area contributed by atoms with Gasteiger partial charge in [-0.05, 0) is 41.5 Å². The first-order valence-corrected chi connectivity index (χ1v) is 6.86. The lowest BCUT2D eigenvalue weighted by atomic mass is 10.1. The smallest absolute Gasteiger partial charge is 0.124 e. The molecule has 0 N–H and O–H groups in total. The fourth-order valence-electron chi connectivity index (χ4n) is 1.41. The van der Waals surface area contributed by atoms with Crippen LogP contribution in [0, 0.1) is 5.82 Å². The van der Waals surface area contributed by atoms with Crippen LogP contribution in [0.4, 0.5) is 4.39 Å². The lowest BCUT2D eigenvalue weighted by molar-refractivity contribution is 0.627. The van der Waals surface area contributed by atoms with Crippen molar-refractivity contribution < 1.29 is 4.39 Å². The molecule has 0 spiro atoms. The van der Waals surface area contributed by atoms with E-state index in [0.717, 1.165) is 24.5 Å². The molecule has 0 saturated carbocycles. The van der Waals surface area contributed by atoms with Gasteiger partial charge in [-0.1, -0.05) is 53.9 Å². The maximum atomic E-state index is 13.0. The third-order valence-electron chi connectivity index (χ3n) is 2.15. The zero-order chi connectivity index (χ0) is 11.7. The van der Waals surface area contributed by atoms with Crippen LogP contribution in [0.2, 0.25) is 0 Å². The minimum absolute atomic E-state index is 0.248. The van der Waals surface area contributed by atoms with Crippen molar-refractivity contribution >= 4 is 47.8 Å². The average molecular weight is 409 g/mol. The Morgan fingerprint density at radius 1 is 0.750 bits per heavy atom. The predicted molar refractivity (Wildman–Crippen MR) is 74.9 cm³/mol. The maximum absolute atomic E-state index is 13.0. The van der Waals surface area contributed by atoms with E-state index in [1.807, 2.05) is 18.2 Å². The van der Waals surface area contributed by atoms with Gasteiger partial charge in [0.15, 0.2) is 0 Å². The first kappa shape index (κ1) is 12.3. The molecule has 0 unspecified atom stereocenters. The van der Waals surface area contributed by atoms with Crippen molar-refractivity contribution in [1.82, 2.24) is 0 Å². The molecule has 2 aromatic rings. The van der Waals surface area contributed by atoms with E-state index in [4.69, 9.17) is 0 Å². The molecule has 0 nitrogen and oxygen atoms in total. The monoisotopic (exact) mass is 406 g/mol. The Hall–Kier alpha value is -0.190. The molecule has 16 heavy (non-hydrogen) atoms. The van der Waals surface area contributed by atoms with E-state index in [9.17, 15) is 4.39 Å². The van der Waals surface area contributed by atoms with Gasteiger partial charge in [0.25, 0.3) is 0 Å². The van der Waals surface area contributed by atoms with Gasteiger partial charge in [-0.25, -0.2) is 4.39 Å². The number of benzene rings is 2. The Kier molecular flexibility index (Phi) is 3.82. The molecule has 0 aliphatic rings. The van der Waals surface area contributed by atoms with E-state index in [0.29, 0.717) is 0 Å². The van der Waals surface area contributed by atoms with Crippen LogP contribution in [0.25, 0.3) is 11.1 Å². The fourth-order valence-corrected chi connectivity index (χ4v) is 2.80. The molecular weight excluding hydrogens is 403 g/mol. The van der Waals surface area contributed by atoms with Gasteiger partial charge < -0.3 is 0 Å². The van der Waals surface area contributed by atoms with Crippen LogP contribution in [0.1, 0.15) is 0 Å². The normalized spacial score (nSPS) is 10.5. The highest BCUT2D eigenvalue weighted by molar-refractivity contribution is 9.11. The highest BCUT2D eigenvalue weighted by atomic mass is 79.9. The van der Waals surface area contributed by atoms with E-state index >= 15 is 0 Å². The molecule has 82 valence electrons. The predicted octanol–water partition coefficient (Wildman–Crippen LogP) is 5.78. The van der Waals surface area contributed by atoms with Crippen molar-refractivity contribution in [3.8, 4) is 11.1 Å². The van der Waals surface area contributed by atoms with Crippen LogP contribution >= 0.6 is 47.8 Å². The summed E-state index contributed by atoms with van der Waals surface area (Å²) in [5.74, 6) is -0.248. The molecular formula is C12H6Br3F. The van der Waals surface area contributed by atoms with Crippen molar-refractivity contribution in [2.75, 3.05) is 0 Å². The molecule has 0 fully saturated rings. The van der Waals surface area contributed by atoms with E-state index in [1.165, 1.54) is 12.1 Å². The summed E-state index contributed by atoms with van der Waals surface area (Å²) >= 11 is 10.3. The summed E-state index contributed by atoms with van der Waals surface area (Å²) < 4.78 is 15.7. The molecule has 2 rings (SSSR count). The molecule has 0 amide bonds. The Morgan fingerprint density at radius 2 is 1.50 bits per heavy atom.